The maximum atomic E-state index is 14.2. The van der Waals surface area contributed by atoms with Gasteiger partial charge < -0.3 is 0 Å². The minimum Gasteiger partial charge on any atom is -0.207 e. The molecular weight excluding hydrogens is 273 g/mol. The normalized spacial score (nSPS) is 10.6. The van der Waals surface area contributed by atoms with E-state index in [-0.39, 0.29) is 5.56 Å². The van der Waals surface area contributed by atoms with Crippen LogP contribution in [-0.4, -0.2) is 0 Å². The van der Waals surface area contributed by atoms with E-state index in [9.17, 15) is 13.2 Å². The van der Waals surface area contributed by atoms with Gasteiger partial charge in [-0.05, 0) is 41.0 Å². The molecule has 0 nitrogen and oxygen atoms in total. The molecule has 0 amide bonds. The highest BCUT2D eigenvalue weighted by atomic mass is 19.1. The van der Waals surface area contributed by atoms with Gasteiger partial charge in [0.1, 0.15) is 17.5 Å². The highest BCUT2D eigenvalue weighted by Gasteiger charge is 2.14. The molecule has 0 spiro atoms. The molecule has 0 saturated carbocycles. The van der Waals surface area contributed by atoms with Gasteiger partial charge in [-0.25, -0.2) is 13.2 Å². The van der Waals surface area contributed by atoms with Crippen LogP contribution in [0.1, 0.15) is 0 Å². The Bertz CT molecular complexity index is 739. The molecule has 3 heteroatoms. The minimum atomic E-state index is -0.666. The molecule has 0 unspecified atom stereocenters. The Morgan fingerprint density at radius 1 is 0.524 bits per heavy atom. The zero-order valence-electron chi connectivity index (χ0n) is 11.0. The first-order valence-corrected chi connectivity index (χ1v) is 6.45. The van der Waals surface area contributed by atoms with Crippen LogP contribution in [0.3, 0.4) is 0 Å². The average Bonchev–Trinajstić information content (AvgIpc) is 2.49. The summed E-state index contributed by atoms with van der Waals surface area (Å²) in [6.45, 7) is 0. The molecule has 104 valence electrons. The van der Waals surface area contributed by atoms with Crippen molar-refractivity contribution < 1.29 is 13.2 Å². The molecule has 0 heterocycles. The van der Waals surface area contributed by atoms with Crippen molar-refractivity contribution in [3.05, 3.63) is 84.2 Å². The van der Waals surface area contributed by atoms with Crippen molar-refractivity contribution in [2.45, 2.75) is 0 Å². The molecule has 0 N–H and O–H groups in total. The molecule has 0 bridgehead atoms. The first-order chi connectivity index (χ1) is 10.1. The van der Waals surface area contributed by atoms with Gasteiger partial charge in [-0.15, -0.1) is 0 Å². The summed E-state index contributed by atoms with van der Waals surface area (Å²) in [6, 6.07) is 16.7. The fourth-order valence-electron chi connectivity index (χ4n) is 2.26. The summed E-state index contributed by atoms with van der Waals surface area (Å²) in [6.07, 6.45) is 0. The molecule has 3 aromatic carbocycles. The topological polar surface area (TPSA) is 0 Å². The van der Waals surface area contributed by atoms with Gasteiger partial charge in [0.15, 0.2) is 0 Å². The van der Waals surface area contributed by atoms with E-state index in [4.69, 9.17) is 0 Å². The molecule has 0 aliphatic carbocycles. The second-order valence-corrected chi connectivity index (χ2v) is 4.69. The predicted molar refractivity (Wildman–Crippen MR) is 77.2 cm³/mol. The van der Waals surface area contributed by atoms with E-state index >= 15 is 0 Å². The van der Waals surface area contributed by atoms with E-state index in [1.165, 1.54) is 36.4 Å². The van der Waals surface area contributed by atoms with Crippen LogP contribution in [0.25, 0.3) is 22.3 Å². The van der Waals surface area contributed by atoms with Gasteiger partial charge in [-0.3, -0.25) is 0 Å². The van der Waals surface area contributed by atoms with Crippen molar-refractivity contribution in [1.82, 2.24) is 0 Å². The van der Waals surface area contributed by atoms with E-state index in [0.29, 0.717) is 11.1 Å². The fourth-order valence-corrected chi connectivity index (χ4v) is 2.26. The quantitative estimate of drug-likeness (QED) is 0.588. The summed E-state index contributed by atoms with van der Waals surface area (Å²) >= 11 is 0. The lowest BCUT2D eigenvalue weighted by atomic mass is 9.99. The van der Waals surface area contributed by atoms with Gasteiger partial charge in [-0.2, -0.15) is 0 Å². The molecule has 0 atom stereocenters. The Morgan fingerprint density at radius 2 is 1.10 bits per heavy atom. The van der Waals surface area contributed by atoms with Crippen LogP contribution in [-0.2, 0) is 0 Å². The standard InChI is InChI=1S/C18H11F3/c19-15-8-6-13(7-9-15)18-16(20)10-14(11-17(18)21)12-4-2-1-3-5-12/h1-11H. The second-order valence-electron chi connectivity index (χ2n) is 4.69. The van der Waals surface area contributed by atoms with Crippen LogP contribution in [0.4, 0.5) is 13.2 Å². The summed E-state index contributed by atoms with van der Waals surface area (Å²) in [5.41, 5.74) is 1.37. The van der Waals surface area contributed by atoms with E-state index < -0.39 is 17.5 Å². The summed E-state index contributed by atoms with van der Waals surface area (Å²) in [4.78, 5) is 0. The van der Waals surface area contributed by atoms with E-state index in [1.54, 1.807) is 24.3 Å². The summed E-state index contributed by atoms with van der Waals surface area (Å²) in [5, 5.41) is 0. The van der Waals surface area contributed by atoms with Gasteiger partial charge in [0, 0.05) is 0 Å². The summed E-state index contributed by atoms with van der Waals surface area (Å²) < 4.78 is 41.4. The maximum Gasteiger partial charge on any atom is 0.134 e. The SMILES string of the molecule is Fc1ccc(-c2c(F)cc(-c3ccccc3)cc2F)cc1. The Kier molecular flexibility index (Phi) is 3.48. The molecule has 0 aliphatic rings. The van der Waals surface area contributed by atoms with Gasteiger partial charge in [0.05, 0.1) is 5.56 Å². The zero-order valence-corrected chi connectivity index (χ0v) is 11.0. The Labute approximate surface area is 120 Å². The highest BCUT2D eigenvalue weighted by molar-refractivity contribution is 5.71. The largest absolute Gasteiger partial charge is 0.207 e. The fraction of sp³-hybridized carbons (Fsp3) is 0. The predicted octanol–water partition coefficient (Wildman–Crippen LogP) is 5.44. The van der Waals surface area contributed by atoms with Crippen LogP contribution < -0.4 is 0 Å². The molecular formula is C18H11F3. The molecule has 0 fully saturated rings. The van der Waals surface area contributed by atoms with Crippen molar-refractivity contribution in [3.63, 3.8) is 0 Å². The Morgan fingerprint density at radius 3 is 1.67 bits per heavy atom. The van der Waals surface area contributed by atoms with E-state index in [1.807, 2.05) is 6.07 Å². The monoisotopic (exact) mass is 284 g/mol. The Balaban J connectivity index is 2.11. The molecule has 0 saturated heterocycles. The third-order valence-corrected chi connectivity index (χ3v) is 3.28. The van der Waals surface area contributed by atoms with Crippen molar-refractivity contribution in [2.24, 2.45) is 0 Å². The van der Waals surface area contributed by atoms with Gasteiger partial charge >= 0.3 is 0 Å². The van der Waals surface area contributed by atoms with E-state index in [0.717, 1.165) is 5.56 Å². The van der Waals surface area contributed by atoms with Gasteiger partial charge in [-0.1, -0.05) is 42.5 Å². The number of hydrogen-bond acceptors (Lipinski definition) is 0. The smallest absolute Gasteiger partial charge is 0.134 e. The highest BCUT2D eigenvalue weighted by Crippen LogP contribution is 2.31. The number of halogens is 3. The number of rotatable bonds is 2. The van der Waals surface area contributed by atoms with Crippen LogP contribution in [0.5, 0.6) is 0 Å². The zero-order chi connectivity index (χ0) is 14.8. The summed E-state index contributed by atoms with van der Waals surface area (Å²) in [5.74, 6) is -1.78. The first kappa shape index (κ1) is 13.4. The number of hydrogen-bond donors (Lipinski definition) is 0. The number of benzene rings is 3. The third kappa shape index (κ3) is 2.68. The second kappa shape index (κ2) is 5.44. The van der Waals surface area contributed by atoms with Crippen LogP contribution in [0.15, 0.2) is 66.7 Å². The molecule has 3 aromatic rings. The lowest BCUT2D eigenvalue weighted by Crippen LogP contribution is -1.92. The van der Waals surface area contributed by atoms with Crippen molar-refractivity contribution >= 4 is 0 Å². The van der Waals surface area contributed by atoms with Gasteiger partial charge in [0.25, 0.3) is 0 Å². The third-order valence-electron chi connectivity index (χ3n) is 3.28. The van der Waals surface area contributed by atoms with Crippen molar-refractivity contribution in [3.8, 4) is 22.3 Å². The molecule has 3 rings (SSSR count). The van der Waals surface area contributed by atoms with Crippen molar-refractivity contribution in [2.75, 3.05) is 0 Å². The maximum absolute atomic E-state index is 14.2. The Hall–Kier alpha value is -2.55. The van der Waals surface area contributed by atoms with E-state index in [2.05, 4.69) is 0 Å². The lowest BCUT2D eigenvalue weighted by Gasteiger charge is -2.09. The molecule has 21 heavy (non-hydrogen) atoms. The van der Waals surface area contributed by atoms with Crippen molar-refractivity contribution in [1.29, 1.82) is 0 Å². The molecule has 0 radical (unpaired) electrons. The average molecular weight is 284 g/mol. The van der Waals surface area contributed by atoms with Crippen LogP contribution in [0, 0.1) is 17.5 Å². The molecule has 0 aromatic heterocycles. The van der Waals surface area contributed by atoms with Gasteiger partial charge in [0.2, 0.25) is 0 Å². The summed E-state index contributed by atoms with van der Waals surface area (Å²) in [7, 11) is 0. The lowest BCUT2D eigenvalue weighted by molar-refractivity contribution is 0.590. The first-order valence-electron chi connectivity index (χ1n) is 6.45. The van der Waals surface area contributed by atoms with Crippen LogP contribution in [0.2, 0.25) is 0 Å². The minimum absolute atomic E-state index is 0.144. The van der Waals surface area contributed by atoms with Crippen LogP contribution >= 0.6 is 0 Å². The molecule has 0 aliphatic heterocycles.